The molecule has 0 saturated heterocycles. The summed E-state index contributed by atoms with van der Waals surface area (Å²) in [4.78, 5) is 32.7. The largest absolute Gasteiger partial charge is 0.466 e. The number of aromatic nitrogens is 2. The number of fused-ring (bicyclic) bond motifs is 1. The summed E-state index contributed by atoms with van der Waals surface area (Å²) in [5.74, 6) is -0.371. The molecule has 0 aliphatic rings. The molecule has 0 bridgehead atoms. The van der Waals surface area contributed by atoms with Crippen LogP contribution in [0.4, 0.5) is 10.5 Å². The molecule has 7 heteroatoms. The van der Waals surface area contributed by atoms with Crippen molar-refractivity contribution in [1.29, 1.82) is 0 Å². The first-order valence-corrected chi connectivity index (χ1v) is 10.4. The number of nitrogens with zero attached hydrogens (tertiary/aromatic N) is 1. The van der Waals surface area contributed by atoms with Crippen LogP contribution in [0.3, 0.4) is 0 Å². The average molecular weight is 428 g/mol. The highest BCUT2D eigenvalue weighted by molar-refractivity contribution is 6.07. The van der Waals surface area contributed by atoms with Crippen molar-refractivity contribution in [1.82, 2.24) is 15.3 Å². The highest BCUT2D eigenvalue weighted by Gasteiger charge is 2.21. The second-order valence-electron chi connectivity index (χ2n) is 7.23. The molecule has 0 aliphatic heterocycles. The molecule has 32 heavy (non-hydrogen) atoms. The number of urea groups is 1. The highest BCUT2D eigenvalue weighted by atomic mass is 16.5. The maximum atomic E-state index is 13.1. The zero-order valence-corrected chi connectivity index (χ0v) is 17.7. The summed E-state index contributed by atoms with van der Waals surface area (Å²) in [6.07, 6.45) is 3.47. The van der Waals surface area contributed by atoms with E-state index in [9.17, 15) is 9.59 Å². The molecule has 2 aromatic carbocycles. The Morgan fingerprint density at radius 3 is 2.56 bits per heavy atom. The van der Waals surface area contributed by atoms with Gasteiger partial charge < -0.3 is 20.4 Å². The van der Waals surface area contributed by atoms with Crippen molar-refractivity contribution in [3.63, 3.8) is 0 Å². The maximum absolute atomic E-state index is 13.1. The third-order valence-corrected chi connectivity index (χ3v) is 5.08. The summed E-state index contributed by atoms with van der Waals surface area (Å²) in [5.41, 5.74) is 3.98. The van der Waals surface area contributed by atoms with E-state index in [4.69, 9.17) is 4.74 Å². The number of rotatable bonds is 7. The summed E-state index contributed by atoms with van der Waals surface area (Å²) in [6, 6.07) is 19.9. The Kier molecular flexibility index (Phi) is 6.46. The zero-order chi connectivity index (χ0) is 22.3. The Bertz CT molecular complexity index is 1210. The van der Waals surface area contributed by atoms with Crippen LogP contribution in [0, 0.1) is 0 Å². The van der Waals surface area contributed by atoms with Gasteiger partial charge in [0.15, 0.2) is 0 Å². The van der Waals surface area contributed by atoms with E-state index >= 15 is 0 Å². The lowest BCUT2D eigenvalue weighted by Crippen LogP contribution is -2.34. The number of anilines is 1. The van der Waals surface area contributed by atoms with Gasteiger partial charge in [0.05, 0.1) is 30.5 Å². The first-order valence-electron chi connectivity index (χ1n) is 10.4. The normalized spacial score (nSPS) is 11.7. The van der Waals surface area contributed by atoms with Gasteiger partial charge in [-0.05, 0) is 30.7 Å². The molecular formula is C25H24N4O3. The smallest absolute Gasteiger partial charge is 0.319 e. The van der Waals surface area contributed by atoms with Crippen molar-refractivity contribution < 1.29 is 14.3 Å². The summed E-state index contributed by atoms with van der Waals surface area (Å²) in [6.45, 7) is 2.04. The van der Waals surface area contributed by atoms with Crippen molar-refractivity contribution >= 4 is 28.6 Å². The summed E-state index contributed by atoms with van der Waals surface area (Å²) in [7, 11) is 0. The molecule has 2 amide bonds. The minimum Gasteiger partial charge on any atom is -0.466 e. The van der Waals surface area contributed by atoms with Gasteiger partial charge in [0.25, 0.3) is 0 Å². The Morgan fingerprint density at radius 2 is 1.81 bits per heavy atom. The minimum absolute atomic E-state index is 0.0363. The Balaban J connectivity index is 1.62. The number of pyridine rings is 1. The molecule has 0 saturated carbocycles. The van der Waals surface area contributed by atoms with Crippen molar-refractivity contribution in [3.05, 3.63) is 84.7 Å². The second-order valence-corrected chi connectivity index (χ2v) is 7.23. The van der Waals surface area contributed by atoms with Gasteiger partial charge >= 0.3 is 12.0 Å². The summed E-state index contributed by atoms with van der Waals surface area (Å²) < 4.78 is 5.09. The van der Waals surface area contributed by atoms with Crippen LogP contribution in [0.15, 0.2) is 79.1 Å². The van der Waals surface area contributed by atoms with Crippen LogP contribution in [0.2, 0.25) is 0 Å². The lowest BCUT2D eigenvalue weighted by atomic mass is 10.0. The van der Waals surface area contributed by atoms with Gasteiger partial charge in [0.1, 0.15) is 0 Å². The molecule has 2 heterocycles. The van der Waals surface area contributed by atoms with Gasteiger partial charge in [-0.3, -0.25) is 9.78 Å². The summed E-state index contributed by atoms with van der Waals surface area (Å²) in [5, 5.41) is 6.78. The standard InChI is InChI=1S/C25H24N4O3/c1-2-32-22(30)15-21(17-9-4-3-5-10-17)28-25(31)29-24-19-12-6-7-13-20(19)27-23(24)18-11-8-14-26-16-18/h3-14,16,21,27H,2,15H2,1H3,(H2,28,29,31)/t21-/m1/s1. The second kappa shape index (κ2) is 9.78. The van der Waals surface area contributed by atoms with E-state index < -0.39 is 12.1 Å². The van der Waals surface area contributed by atoms with Gasteiger partial charge in [0.2, 0.25) is 0 Å². The van der Waals surface area contributed by atoms with Crippen LogP contribution < -0.4 is 10.6 Å². The molecule has 3 N–H and O–H groups in total. The number of esters is 1. The van der Waals surface area contributed by atoms with E-state index in [1.165, 1.54) is 0 Å². The molecule has 4 aromatic rings. The Hall–Kier alpha value is -4.13. The number of aromatic amines is 1. The van der Waals surface area contributed by atoms with Gasteiger partial charge in [-0.2, -0.15) is 0 Å². The third-order valence-electron chi connectivity index (χ3n) is 5.08. The Morgan fingerprint density at radius 1 is 1.03 bits per heavy atom. The number of carbonyl (C=O) groups is 2. The van der Waals surface area contributed by atoms with E-state index in [1.54, 1.807) is 19.3 Å². The number of amides is 2. The van der Waals surface area contributed by atoms with Crippen LogP contribution in [0.25, 0.3) is 22.2 Å². The van der Waals surface area contributed by atoms with Crippen LogP contribution in [-0.2, 0) is 9.53 Å². The molecule has 1 atom stereocenters. The number of hydrogen-bond acceptors (Lipinski definition) is 4. The van der Waals surface area contributed by atoms with Gasteiger partial charge in [-0.25, -0.2) is 4.79 Å². The molecule has 0 radical (unpaired) electrons. The number of carbonyl (C=O) groups excluding carboxylic acids is 2. The molecule has 0 spiro atoms. The molecule has 2 aromatic heterocycles. The van der Waals surface area contributed by atoms with E-state index in [1.807, 2.05) is 66.7 Å². The fourth-order valence-electron chi connectivity index (χ4n) is 3.63. The SMILES string of the molecule is CCOC(=O)C[C@@H](NC(=O)Nc1c(-c2cccnc2)[nH]c2ccccc12)c1ccccc1. The van der Waals surface area contributed by atoms with Gasteiger partial charge in [0, 0.05) is 28.9 Å². The Labute approximate surface area is 185 Å². The van der Waals surface area contributed by atoms with Crippen molar-refractivity contribution in [2.75, 3.05) is 11.9 Å². The highest BCUT2D eigenvalue weighted by Crippen LogP contribution is 2.34. The predicted molar refractivity (Wildman–Crippen MR) is 124 cm³/mol. The number of H-pyrrole nitrogens is 1. The molecule has 4 rings (SSSR count). The topological polar surface area (TPSA) is 96.1 Å². The van der Waals surface area contributed by atoms with E-state index in [-0.39, 0.29) is 19.0 Å². The number of para-hydroxylation sites is 1. The summed E-state index contributed by atoms with van der Waals surface area (Å²) >= 11 is 0. The lowest BCUT2D eigenvalue weighted by molar-refractivity contribution is -0.143. The number of nitrogens with one attached hydrogen (secondary N) is 3. The molecule has 0 unspecified atom stereocenters. The van der Waals surface area contributed by atoms with E-state index in [0.29, 0.717) is 5.69 Å². The molecular weight excluding hydrogens is 404 g/mol. The molecule has 7 nitrogen and oxygen atoms in total. The number of ether oxygens (including phenoxy) is 1. The molecule has 0 fully saturated rings. The number of benzene rings is 2. The predicted octanol–water partition coefficient (Wildman–Crippen LogP) is 5.05. The quantitative estimate of drug-likeness (QED) is 0.359. The van der Waals surface area contributed by atoms with E-state index in [0.717, 1.165) is 27.7 Å². The monoisotopic (exact) mass is 428 g/mol. The first kappa shape index (κ1) is 21.1. The van der Waals surface area contributed by atoms with Crippen LogP contribution in [-0.4, -0.2) is 28.6 Å². The zero-order valence-electron chi connectivity index (χ0n) is 17.7. The number of hydrogen-bond donors (Lipinski definition) is 3. The average Bonchev–Trinajstić information content (AvgIpc) is 3.18. The third kappa shape index (κ3) is 4.78. The molecule has 162 valence electrons. The van der Waals surface area contributed by atoms with Gasteiger partial charge in [-0.15, -0.1) is 0 Å². The minimum atomic E-state index is -0.526. The fourth-order valence-corrected chi connectivity index (χ4v) is 3.63. The van der Waals surface area contributed by atoms with Crippen molar-refractivity contribution in [3.8, 4) is 11.3 Å². The van der Waals surface area contributed by atoms with Crippen molar-refractivity contribution in [2.24, 2.45) is 0 Å². The van der Waals surface area contributed by atoms with Gasteiger partial charge in [-0.1, -0.05) is 48.5 Å². The fraction of sp³-hybridized carbons (Fsp3) is 0.160. The van der Waals surface area contributed by atoms with E-state index in [2.05, 4.69) is 20.6 Å². The lowest BCUT2D eigenvalue weighted by Gasteiger charge is -2.19. The van der Waals surface area contributed by atoms with Crippen molar-refractivity contribution in [2.45, 2.75) is 19.4 Å². The maximum Gasteiger partial charge on any atom is 0.319 e. The van der Waals surface area contributed by atoms with Crippen LogP contribution >= 0.6 is 0 Å². The van der Waals surface area contributed by atoms with Crippen LogP contribution in [0.1, 0.15) is 24.9 Å². The molecule has 0 aliphatic carbocycles. The first-order chi connectivity index (χ1) is 15.7. The van der Waals surface area contributed by atoms with Crippen LogP contribution in [0.5, 0.6) is 0 Å².